The molecule has 17 heavy (non-hydrogen) atoms. The maximum absolute atomic E-state index is 12.0. The van der Waals surface area contributed by atoms with Crippen LogP contribution in [0.5, 0.6) is 0 Å². The van der Waals surface area contributed by atoms with Crippen LogP contribution >= 0.6 is 0 Å². The summed E-state index contributed by atoms with van der Waals surface area (Å²) >= 11 is 0. The predicted octanol–water partition coefficient (Wildman–Crippen LogP) is -1.69. The molecule has 0 aromatic heterocycles. The van der Waals surface area contributed by atoms with E-state index in [1.54, 1.807) is 0 Å². The van der Waals surface area contributed by atoms with Crippen LogP contribution in [-0.2, 0) is 14.4 Å². The average Bonchev–Trinajstić information content (AvgIpc) is 2.83. The van der Waals surface area contributed by atoms with Crippen LogP contribution in [0.4, 0.5) is 0 Å². The van der Waals surface area contributed by atoms with Gasteiger partial charge in [-0.3, -0.25) is 9.59 Å². The number of β-amino-alcohol motifs (C(OH)–C–C–N with tert-alkyl or cyclic N) is 1. The van der Waals surface area contributed by atoms with Crippen LogP contribution in [0, 0.1) is 0 Å². The number of hydrogen-bond donors (Lipinski definition) is 3. The quantitative estimate of drug-likeness (QED) is 0.535. The Morgan fingerprint density at radius 2 is 2.12 bits per heavy atom. The summed E-state index contributed by atoms with van der Waals surface area (Å²) in [5, 5.41) is 20.9. The van der Waals surface area contributed by atoms with Gasteiger partial charge in [0.15, 0.2) is 0 Å². The zero-order valence-corrected chi connectivity index (χ0v) is 9.13. The molecular weight excluding hydrogens is 228 g/mol. The van der Waals surface area contributed by atoms with E-state index >= 15 is 0 Å². The second-order valence-electron chi connectivity index (χ2n) is 4.39. The number of nitrogens with zero attached hydrogens (tertiary/aromatic N) is 1. The number of carboxylic acids is 1. The summed E-state index contributed by atoms with van der Waals surface area (Å²) < 4.78 is 0. The van der Waals surface area contributed by atoms with Crippen LogP contribution in [-0.4, -0.2) is 57.6 Å². The van der Waals surface area contributed by atoms with Gasteiger partial charge in [-0.05, 0) is 6.42 Å². The van der Waals surface area contributed by atoms with Crippen LogP contribution < -0.4 is 5.32 Å². The fraction of sp³-hybridized carbons (Fsp3) is 0.700. The summed E-state index contributed by atoms with van der Waals surface area (Å²) in [6, 6.07) is -1.63. The van der Waals surface area contributed by atoms with E-state index in [4.69, 9.17) is 5.11 Å². The Bertz CT molecular complexity index is 370. The van der Waals surface area contributed by atoms with Gasteiger partial charge in [-0.25, -0.2) is 4.79 Å². The first kappa shape index (κ1) is 11.8. The highest BCUT2D eigenvalue weighted by atomic mass is 16.4. The summed E-state index contributed by atoms with van der Waals surface area (Å²) in [4.78, 5) is 35.1. The molecule has 0 bridgehead atoms. The molecule has 2 rings (SSSR count). The highest BCUT2D eigenvalue weighted by molar-refractivity contribution is 5.93. The number of aliphatic hydroxyl groups excluding tert-OH is 1. The van der Waals surface area contributed by atoms with Gasteiger partial charge < -0.3 is 20.4 Å². The molecule has 0 aromatic carbocycles. The van der Waals surface area contributed by atoms with Crippen molar-refractivity contribution in [3.63, 3.8) is 0 Å². The lowest BCUT2D eigenvalue weighted by molar-refractivity contribution is -0.149. The standard InChI is InChI=1S/C10H14N2O5/c13-5-3-7(10(16)17)12(4-5)9(15)6-1-2-8(14)11-6/h5-7,13H,1-4H2,(H,11,14)(H,16,17)/t5-,6+,7-/m1/s1. The Morgan fingerprint density at radius 1 is 1.41 bits per heavy atom. The van der Waals surface area contributed by atoms with Gasteiger partial charge in [-0.2, -0.15) is 0 Å². The Kier molecular flexibility index (Phi) is 3.01. The normalized spacial score (nSPS) is 32.6. The van der Waals surface area contributed by atoms with Gasteiger partial charge in [0.1, 0.15) is 12.1 Å². The molecule has 0 spiro atoms. The molecule has 2 amide bonds. The van der Waals surface area contributed by atoms with Crippen LogP contribution in [0.3, 0.4) is 0 Å². The third-order valence-electron chi connectivity index (χ3n) is 3.14. The first-order valence-electron chi connectivity index (χ1n) is 5.49. The van der Waals surface area contributed by atoms with E-state index < -0.39 is 30.1 Å². The Hall–Kier alpha value is -1.63. The van der Waals surface area contributed by atoms with Gasteiger partial charge >= 0.3 is 5.97 Å². The van der Waals surface area contributed by atoms with Gasteiger partial charge in [0.25, 0.3) is 0 Å². The molecule has 0 aliphatic carbocycles. The fourth-order valence-electron chi connectivity index (χ4n) is 2.29. The van der Waals surface area contributed by atoms with Gasteiger partial charge in [-0.1, -0.05) is 0 Å². The first-order valence-corrected chi connectivity index (χ1v) is 5.49. The maximum atomic E-state index is 12.0. The average molecular weight is 242 g/mol. The largest absolute Gasteiger partial charge is 0.480 e. The van der Waals surface area contributed by atoms with Gasteiger partial charge in [0.2, 0.25) is 11.8 Å². The number of aliphatic carboxylic acids is 1. The molecule has 0 aromatic rings. The van der Waals surface area contributed by atoms with E-state index in [9.17, 15) is 19.5 Å². The van der Waals surface area contributed by atoms with Gasteiger partial charge in [0.05, 0.1) is 6.10 Å². The third-order valence-corrected chi connectivity index (χ3v) is 3.14. The van der Waals surface area contributed by atoms with Crippen molar-refractivity contribution in [2.45, 2.75) is 37.5 Å². The molecule has 2 aliphatic rings. The number of aliphatic hydroxyl groups is 1. The Morgan fingerprint density at radius 3 is 2.65 bits per heavy atom. The molecule has 2 saturated heterocycles. The number of carbonyl (C=O) groups is 3. The summed E-state index contributed by atoms with van der Waals surface area (Å²) in [5.41, 5.74) is 0. The molecule has 0 unspecified atom stereocenters. The van der Waals surface area contributed by atoms with Crippen molar-refractivity contribution in [1.29, 1.82) is 0 Å². The van der Waals surface area contributed by atoms with E-state index in [0.29, 0.717) is 6.42 Å². The topological polar surface area (TPSA) is 107 Å². The van der Waals surface area contributed by atoms with Crippen LogP contribution in [0.15, 0.2) is 0 Å². The van der Waals surface area contributed by atoms with Crippen LogP contribution in [0.25, 0.3) is 0 Å². The second kappa shape index (κ2) is 4.33. The molecule has 7 nitrogen and oxygen atoms in total. The number of likely N-dealkylation sites (tertiary alicyclic amines) is 1. The molecular formula is C10H14N2O5. The number of carbonyl (C=O) groups excluding carboxylic acids is 2. The minimum atomic E-state index is -1.13. The maximum Gasteiger partial charge on any atom is 0.326 e. The Balaban J connectivity index is 2.07. The molecule has 0 saturated carbocycles. The van der Waals surface area contributed by atoms with Crippen molar-refractivity contribution in [2.24, 2.45) is 0 Å². The SMILES string of the molecule is O=C1CC[C@@H](C(=O)N2C[C@H](O)C[C@@H]2C(=O)O)N1. The van der Waals surface area contributed by atoms with E-state index in [1.807, 2.05) is 0 Å². The van der Waals surface area contributed by atoms with Crippen molar-refractivity contribution in [1.82, 2.24) is 10.2 Å². The van der Waals surface area contributed by atoms with E-state index in [2.05, 4.69) is 5.32 Å². The lowest BCUT2D eigenvalue weighted by atomic mass is 10.1. The molecule has 0 radical (unpaired) electrons. The van der Waals surface area contributed by atoms with Gasteiger partial charge in [0, 0.05) is 19.4 Å². The summed E-state index contributed by atoms with van der Waals surface area (Å²) in [6.45, 7) is 0.0160. The van der Waals surface area contributed by atoms with E-state index in [1.165, 1.54) is 0 Å². The minimum absolute atomic E-state index is 0.0160. The van der Waals surface area contributed by atoms with Crippen molar-refractivity contribution in [2.75, 3.05) is 6.54 Å². The minimum Gasteiger partial charge on any atom is -0.480 e. The zero-order chi connectivity index (χ0) is 12.6. The molecule has 2 aliphatic heterocycles. The van der Waals surface area contributed by atoms with Gasteiger partial charge in [-0.15, -0.1) is 0 Å². The van der Waals surface area contributed by atoms with E-state index in [-0.39, 0.29) is 25.3 Å². The lowest BCUT2D eigenvalue weighted by Gasteiger charge is -2.24. The predicted molar refractivity (Wildman–Crippen MR) is 54.9 cm³/mol. The van der Waals surface area contributed by atoms with Crippen LogP contribution in [0.1, 0.15) is 19.3 Å². The van der Waals surface area contributed by atoms with E-state index in [0.717, 1.165) is 4.90 Å². The monoisotopic (exact) mass is 242 g/mol. The Labute approximate surface area is 97.4 Å². The van der Waals surface area contributed by atoms with Crippen molar-refractivity contribution < 1.29 is 24.6 Å². The molecule has 3 N–H and O–H groups in total. The number of carboxylic acid groups (broad SMARTS) is 1. The van der Waals surface area contributed by atoms with Crippen molar-refractivity contribution in [3.8, 4) is 0 Å². The highest BCUT2D eigenvalue weighted by Gasteiger charge is 2.42. The molecule has 2 heterocycles. The highest BCUT2D eigenvalue weighted by Crippen LogP contribution is 2.21. The molecule has 3 atom stereocenters. The zero-order valence-electron chi connectivity index (χ0n) is 9.13. The first-order chi connectivity index (χ1) is 7.99. The number of hydrogen-bond acceptors (Lipinski definition) is 4. The third kappa shape index (κ3) is 2.23. The number of rotatable bonds is 2. The van der Waals surface area contributed by atoms with Crippen LogP contribution in [0.2, 0.25) is 0 Å². The summed E-state index contributed by atoms with van der Waals surface area (Å²) in [7, 11) is 0. The molecule has 7 heteroatoms. The summed E-state index contributed by atoms with van der Waals surface area (Å²) in [6.07, 6.45) is -0.0970. The van der Waals surface area contributed by atoms with Crippen molar-refractivity contribution in [3.05, 3.63) is 0 Å². The smallest absolute Gasteiger partial charge is 0.326 e. The number of amides is 2. The fourth-order valence-corrected chi connectivity index (χ4v) is 2.29. The molecule has 2 fully saturated rings. The number of nitrogens with one attached hydrogen (secondary N) is 1. The summed E-state index contributed by atoms with van der Waals surface area (Å²) in [5.74, 6) is -1.74. The lowest BCUT2D eigenvalue weighted by Crippen LogP contribution is -2.49. The van der Waals surface area contributed by atoms with Crippen molar-refractivity contribution >= 4 is 17.8 Å². The molecule has 94 valence electrons. The second-order valence-corrected chi connectivity index (χ2v) is 4.39.